The lowest BCUT2D eigenvalue weighted by Gasteiger charge is -2.71. The molecule has 0 radical (unpaired) electrons. The Bertz CT molecular complexity index is 1380. The molecule has 48 heavy (non-hydrogen) atoms. The van der Waals surface area contributed by atoms with Crippen LogP contribution in [0.2, 0.25) is 0 Å². The van der Waals surface area contributed by atoms with E-state index >= 15 is 0 Å². The van der Waals surface area contributed by atoms with Gasteiger partial charge in [-0.3, -0.25) is 9.59 Å². The summed E-state index contributed by atoms with van der Waals surface area (Å²) in [6.45, 7) is 9.81. The maximum atomic E-state index is 13.9. The predicted octanol–water partition coefficient (Wildman–Crippen LogP) is 1.52. The highest BCUT2D eigenvalue weighted by atomic mass is 16.7. The van der Waals surface area contributed by atoms with Gasteiger partial charge < -0.3 is 50.0 Å². The van der Waals surface area contributed by atoms with Gasteiger partial charge in [0.15, 0.2) is 6.29 Å². The van der Waals surface area contributed by atoms with Crippen molar-refractivity contribution in [2.45, 2.75) is 135 Å². The predicted molar refractivity (Wildman–Crippen MR) is 168 cm³/mol. The van der Waals surface area contributed by atoms with E-state index in [0.29, 0.717) is 44.9 Å². The summed E-state index contributed by atoms with van der Waals surface area (Å²) >= 11 is 0. The largest absolute Gasteiger partial charge is 0.481 e. The first kappa shape index (κ1) is 34.8. The molecule has 7 rings (SSSR count). The third kappa shape index (κ3) is 4.17. The van der Waals surface area contributed by atoms with Crippen molar-refractivity contribution in [2.24, 2.45) is 50.2 Å². The number of aliphatic hydroxyl groups is 6. The highest BCUT2D eigenvalue weighted by Crippen LogP contribution is 2.76. The molecule has 5 aliphatic carbocycles. The Morgan fingerprint density at radius 2 is 1.65 bits per heavy atom. The number of allylic oxidation sites excluding steroid dienone is 2. The van der Waals surface area contributed by atoms with Gasteiger partial charge in [0.05, 0.1) is 19.3 Å². The monoisotopic (exact) mass is 678 g/mol. The van der Waals surface area contributed by atoms with Gasteiger partial charge in [0.2, 0.25) is 0 Å². The number of aliphatic hydroxyl groups excluding tert-OH is 6. The topological polar surface area (TPSA) is 203 Å². The lowest BCUT2D eigenvalue weighted by atomic mass is 9.33. The molecular formula is C36H54O12. The Morgan fingerprint density at radius 3 is 2.29 bits per heavy atom. The van der Waals surface area contributed by atoms with Crippen LogP contribution in [0.1, 0.15) is 86.0 Å². The van der Waals surface area contributed by atoms with Crippen LogP contribution in [0.4, 0.5) is 0 Å². The van der Waals surface area contributed by atoms with E-state index in [0.717, 1.165) is 12.0 Å². The molecule has 2 aliphatic heterocycles. The average Bonchev–Trinajstić information content (AvgIpc) is 3.20. The summed E-state index contributed by atoms with van der Waals surface area (Å²) in [7, 11) is 0. The zero-order valence-corrected chi connectivity index (χ0v) is 28.7. The van der Waals surface area contributed by atoms with Gasteiger partial charge in [-0.1, -0.05) is 46.3 Å². The molecule has 12 heteroatoms. The first-order valence-corrected chi connectivity index (χ1v) is 17.8. The SMILES string of the molecule is CC1(C)CCC2(C(=O)O)C(O)CC3(C)C(=CCC4C5(C)CC6OC(=O)C(CO)(C6OC6OC(CO)C(O)C(O)C6O)C5CCC43C)C2C1. The third-order valence-electron chi connectivity index (χ3n) is 15.5. The number of carboxylic acid groups (broad SMARTS) is 1. The molecule has 4 saturated carbocycles. The van der Waals surface area contributed by atoms with Crippen LogP contribution in [-0.2, 0) is 23.8 Å². The number of ether oxygens (including phenoxy) is 3. The zero-order chi connectivity index (χ0) is 35.0. The summed E-state index contributed by atoms with van der Waals surface area (Å²) < 4.78 is 17.9. The molecule has 2 saturated heterocycles. The molecule has 0 aromatic rings. The van der Waals surface area contributed by atoms with Crippen molar-refractivity contribution in [2.75, 3.05) is 13.2 Å². The smallest absolute Gasteiger partial charge is 0.317 e. The van der Waals surface area contributed by atoms with Crippen LogP contribution in [0.5, 0.6) is 0 Å². The van der Waals surface area contributed by atoms with Crippen molar-refractivity contribution < 1.29 is 59.5 Å². The minimum atomic E-state index is -1.67. The second-order valence-electron chi connectivity index (χ2n) is 17.9. The van der Waals surface area contributed by atoms with E-state index in [1.807, 2.05) is 0 Å². The first-order valence-electron chi connectivity index (χ1n) is 17.8. The molecule has 0 spiro atoms. The molecule has 0 aromatic carbocycles. The average molecular weight is 679 g/mol. The van der Waals surface area contributed by atoms with Gasteiger partial charge in [0, 0.05) is 0 Å². The second kappa shape index (κ2) is 10.9. The number of aliphatic carboxylic acids is 1. The van der Waals surface area contributed by atoms with Crippen LogP contribution in [-0.4, -0.2) is 110 Å². The Hall–Kier alpha value is -1.64. The van der Waals surface area contributed by atoms with Gasteiger partial charge in [-0.15, -0.1) is 0 Å². The second-order valence-corrected chi connectivity index (χ2v) is 17.9. The van der Waals surface area contributed by atoms with Crippen molar-refractivity contribution in [1.82, 2.24) is 0 Å². The fraction of sp³-hybridized carbons (Fsp3) is 0.889. The van der Waals surface area contributed by atoms with E-state index in [9.17, 15) is 45.3 Å². The molecule has 0 amide bonds. The lowest BCUT2D eigenvalue weighted by molar-refractivity contribution is -0.331. The summed E-state index contributed by atoms with van der Waals surface area (Å²) in [4.78, 5) is 26.9. The van der Waals surface area contributed by atoms with Gasteiger partial charge in [0.25, 0.3) is 0 Å². The van der Waals surface area contributed by atoms with E-state index in [1.165, 1.54) is 0 Å². The number of esters is 1. The maximum Gasteiger partial charge on any atom is 0.317 e. The van der Waals surface area contributed by atoms with E-state index in [4.69, 9.17) is 14.2 Å². The number of carboxylic acids is 1. The van der Waals surface area contributed by atoms with Crippen molar-refractivity contribution in [3.8, 4) is 0 Å². The lowest BCUT2D eigenvalue weighted by Crippen LogP contribution is -2.70. The number of fused-ring (bicyclic) bond motifs is 10. The minimum Gasteiger partial charge on any atom is -0.481 e. The number of hydrogen-bond donors (Lipinski definition) is 7. The zero-order valence-electron chi connectivity index (χ0n) is 28.7. The van der Waals surface area contributed by atoms with Crippen LogP contribution >= 0.6 is 0 Å². The molecule has 270 valence electrons. The van der Waals surface area contributed by atoms with Crippen LogP contribution in [0.25, 0.3) is 0 Å². The van der Waals surface area contributed by atoms with Crippen LogP contribution in [0, 0.1) is 50.2 Å². The number of hydrogen-bond acceptors (Lipinski definition) is 11. The summed E-state index contributed by atoms with van der Waals surface area (Å²) in [5.41, 5.74) is -3.00. The van der Waals surface area contributed by atoms with Gasteiger partial charge >= 0.3 is 11.9 Å². The molecular weight excluding hydrogens is 624 g/mol. The molecule has 2 heterocycles. The molecule has 6 fully saturated rings. The van der Waals surface area contributed by atoms with Crippen molar-refractivity contribution in [3.05, 3.63) is 11.6 Å². The van der Waals surface area contributed by atoms with Crippen molar-refractivity contribution >= 4 is 11.9 Å². The molecule has 16 atom stereocenters. The fourth-order valence-electron chi connectivity index (χ4n) is 12.7. The molecule has 12 nitrogen and oxygen atoms in total. The summed E-state index contributed by atoms with van der Waals surface area (Å²) in [5, 5.41) is 74.9. The molecule has 7 N–H and O–H groups in total. The number of carbonyl (C=O) groups excluding carboxylic acids is 1. The minimum absolute atomic E-state index is 0.00904. The van der Waals surface area contributed by atoms with E-state index in [2.05, 4.69) is 40.7 Å². The molecule has 0 aromatic heterocycles. The third-order valence-corrected chi connectivity index (χ3v) is 15.5. The van der Waals surface area contributed by atoms with Crippen molar-refractivity contribution in [3.63, 3.8) is 0 Å². The van der Waals surface area contributed by atoms with Gasteiger partial charge in [0.1, 0.15) is 47.5 Å². The Balaban J connectivity index is 1.26. The Morgan fingerprint density at radius 1 is 0.938 bits per heavy atom. The van der Waals surface area contributed by atoms with E-state index < -0.39 is 95.8 Å². The molecule has 7 aliphatic rings. The highest BCUT2D eigenvalue weighted by Gasteiger charge is 2.77. The summed E-state index contributed by atoms with van der Waals surface area (Å²) in [5.74, 6) is -2.16. The van der Waals surface area contributed by atoms with Crippen molar-refractivity contribution in [1.29, 1.82) is 0 Å². The first-order chi connectivity index (χ1) is 22.4. The van der Waals surface area contributed by atoms with E-state index in [1.54, 1.807) is 0 Å². The number of carbonyl (C=O) groups is 2. The number of rotatable bonds is 5. The normalized spacial score (nSPS) is 55.4. The quantitative estimate of drug-likeness (QED) is 0.126. The fourth-order valence-corrected chi connectivity index (χ4v) is 12.7. The summed E-state index contributed by atoms with van der Waals surface area (Å²) in [6.07, 6.45) is -3.66. The summed E-state index contributed by atoms with van der Waals surface area (Å²) in [6, 6.07) is 0. The van der Waals surface area contributed by atoms with Gasteiger partial charge in [-0.25, -0.2) is 0 Å². The Labute approximate surface area is 281 Å². The molecule has 16 unspecified atom stereocenters. The van der Waals surface area contributed by atoms with Crippen LogP contribution < -0.4 is 0 Å². The maximum absolute atomic E-state index is 13.9. The van der Waals surface area contributed by atoms with Gasteiger partial charge in [-0.2, -0.15) is 0 Å². The van der Waals surface area contributed by atoms with Gasteiger partial charge in [-0.05, 0) is 90.8 Å². The highest BCUT2D eigenvalue weighted by molar-refractivity contribution is 5.82. The van der Waals surface area contributed by atoms with Crippen LogP contribution in [0.15, 0.2) is 11.6 Å². The van der Waals surface area contributed by atoms with Crippen LogP contribution in [0.3, 0.4) is 0 Å². The standard InChI is InChI=1S/C36H54O12/c1-31(2)10-11-35(29(43)44)18(12-31)17-6-7-21-32(3)13-19-27(48-28-26(42)25(41)24(40)20(15-37)46-28)36(16-38,30(45)47-19)22(32)8-9-33(21,4)34(17,5)14-23(35)39/h6,18-28,37-42H,7-16H2,1-5H3,(H,43,44). The Kier molecular flexibility index (Phi) is 7.92. The van der Waals surface area contributed by atoms with E-state index in [-0.39, 0.29) is 28.6 Å². The molecule has 2 bridgehead atoms.